The number of carbonyl (C=O) groups excluding carboxylic acids is 1. The molecule has 0 aliphatic heterocycles. The van der Waals surface area contributed by atoms with Gasteiger partial charge < -0.3 is 10.1 Å². The molecule has 0 aliphatic carbocycles. The van der Waals surface area contributed by atoms with E-state index in [1.807, 2.05) is 6.07 Å². The van der Waals surface area contributed by atoms with Crippen molar-refractivity contribution in [1.29, 1.82) is 5.26 Å². The third-order valence-electron chi connectivity index (χ3n) is 2.54. The molecule has 0 atom stereocenters. The van der Waals surface area contributed by atoms with Crippen molar-refractivity contribution < 1.29 is 9.53 Å². The summed E-state index contributed by atoms with van der Waals surface area (Å²) < 4.78 is 6.10. The summed E-state index contributed by atoms with van der Waals surface area (Å²) in [7, 11) is 0. The lowest BCUT2D eigenvalue weighted by molar-refractivity contribution is -0.118. The summed E-state index contributed by atoms with van der Waals surface area (Å²) in [5, 5.41) is 12.2. The fourth-order valence-electron chi connectivity index (χ4n) is 1.61. The SMILES string of the molecule is N#Cc1ccc(Br)cc1NC(=O)COc1cccc(Cl)c1. The van der Waals surface area contributed by atoms with Crippen LogP contribution in [0.4, 0.5) is 5.69 Å². The molecule has 1 N–H and O–H groups in total. The van der Waals surface area contributed by atoms with Gasteiger partial charge in [0.25, 0.3) is 5.91 Å². The second kappa shape index (κ2) is 7.11. The van der Waals surface area contributed by atoms with Gasteiger partial charge >= 0.3 is 0 Å². The van der Waals surface area contributed by atoms with Crippen LogP contribution in [0, 0.1) is 11.3 Å². The molecule has 0 unspecified atom stereocenters. The fraction of sp³-hybridized carbons (Fsp3) is 0.0667. The Balaban J connectivity index is 1.99. The van der Waals surface area contributed by atoms with Crippen LogP contribution < -0.4 is 10.1 Å². The lowest BCUT2D eigenvalue weighted by atomic mass is 10.2. The van der Waals surface area contributed by atoms with Crippen molar-refractivity contribution in [3.8, 4) is 11.8 Å². The number of nitriles is 1. The summed E-state index contributed by atoms with van der Waals surface area (Å²) in [5.74, 6) is 0.150. The van der Waals surface area contributed by atoms with E-state index in [-0.39, 0.29) is 12.5 Å². The smallest absolute Gasteiger partial charge is 0.262 e. The van der Waals surface area contributed by atoms with Gasteiger partial charge in [0.05, 0.1) is 11.3 Å². The minimum absolute atomic E-state index is 0.169. The van der Waals surface area contributed by atoms with Crippen LogP contribution in [-0.2, 0) is 4.79 Å². The van der Waals surface area contributed by atoms with Crippen LogP contribution >= 0.6 is 27.5 Å². The van der Waals surface area contributed by atoms with Crippen LogP contribution in [0.1, 0.15) is 5.56 Å². The topological polar surface area (TPSA) is 62.1 Å². The van der Waals surface area contributed by atoms with Crippen LogP contribution in [0.25, 0.3) is 0 Å². The second-order valence-electron chi connectivity index (χ2n) is 4.10. The average Bonchev–Trinajstić information content (AvgIpc) is 2.45. The molecule has 0 spiro atoms. The van der Waals surface area contributed by atoms with Crippen LogP contribution in [0.5, 0.6) is 5.75 Å². The first kappa shape index (κ1) is 15.4. The monoisotopic (exact) mass is 364 g/mol. The largest absolute Gasteiger partial charge is 0.484 e. The summed E-state index contributed by atoms with van der Waals surface area (Å²) in [5.41, 5.74) is 0.820. The summed E-state index contributed by atoms with van der Waals surface area (Å²) in [6.07, 6.45) is 0. The molecule has 0 heterocycles. The number of anilines is 1. The number of benzene rings is 2. The number of rotatable bonds is 4. The zero-order valence-electron chi connectivity index (χ0n) is 10.8. The van der Waals surface area contributed by atoms with E-state index < -0.39 is 0 Å². The summed E-state index contributed by atoms with van der Waals surface area (Å²) >= 11 is 9.12. The van der Waals surface area contributed by atoms with Gasteiger partial charge in [0.15, 0.2) is 6.61 Å². The van der Waals surface area contributed by atoms with Crippen molar-refractivity contribution >= 4 is 39.1 Å². The Morgan fingerprint density at radius 2 is 2.14 bits per heavy atom. The van der Waals surface area contributed by atoms with E-state index in [1.54, 1.807) is 42.5 Å². The van der Waals surface area contributed by atoms with Crippen molar-refractivity contribution in [2.45, 2.75) is 0 Å². The minimum Gasteiger partial charge on any atom is -0.484 e. The van der Waals surface area contributed by atoms with Gasteiger partial charge in [0.1, 0.15) is 11.8 Å². The number of nitrogens with zero attached hydrogens (tertiary/aromatic N) is 1. The van der Waals surface area contributed by atoms with E-state index in [1.165, 1.54) is 0 Å². The minimum atomic E-state index is -0.357. The zero-order chi connectivity index (χ0) is 15.2. The lowest BCUT2D eigenvalue weighted by Gasteiger charge is -2.09. The highest BCUT2D eigenvalue weighted by Crippen LogP contribution is 2.21. The van der Waals surface area contributed by atoms with Gasteiger partial charge in [0, 0.05) is 9.50 Å². The number of hydrogen-bond donors (Lipinski definition) is 1. The third-order valence-corrected chi connectivity index (χ3v) is 3.27. The standard InChI is InChI=1S/C15H10BrClN2O2/c16-11-5-4-10(8-18)14(6-11)19-15(20)9-21-13-3-1-2-12(17)7-13/h1-7H,9H2,(H,19,20). The Morgan fingerprint density at radius 1 is 1.33 bits per heavy atom. The molecule has 106 valence electrons. The molecule has 0 radical (unpaired) electrons. The van der Waals surface area contributed by atoms with E-state index in [9.17, 15) is 4.79 Å². The Morgan fingerprint density at radius 3 is 2.86 bits per heavy atom. The second-order valence-corrected chi connectivity index (χ2v) is 5.45. The fourth-order valence-corrected chi connectivity index (χ4v) is 2.15. The molecule has 0 aromatic heterocycles. The Hall–Kier alpha value is -2.03. The highest BCUT2D eigenvalue weighted by atomic mass is 79.9. The summed E-state index contributed by atoms with van der Waals surface area (Å²) in [6.45, 7) is -0.169. The van der Waals surface area contributed by atoms with Gasteiger partial charge in [0.2, 0.25) is 0 Å². The lowest BCUT2D eigenvalue weighted by Crippen LogP contribution is -2.20. The molecule has 0 aliphatic rings. The third kappa shape index (κ3) is 4.48. The van der Waals surface area contributed by atoms with E-state index in [0.29, 0.717) is 22.0 Å². The highest BCUT2D eigenvalue weighted by Gasteiger charge is 2.08. The number of ether oxygens (including phenoxy) is 1. The molecule has 1 amide bonds. The first-order valence-corrected chi connectivity index (χ1v) is 7.13. The zero-order valence-corrected chi connectivity index (χ0v) is 13.1. The first-order chi connectivity index (χ1) is 10.1. The van der Waals surface area contributed by atoms with Crippen molar-refractivity contribution in [3.05, 3.63) is 57.5 Å². The predicted molar refractivity (Wildman–Crippen MR) is 84.4 cm³/mol. The van der Waals surface area contributed by atoms with E-state index >= 15 is 0 Å². The molecule has 4 nitrogen and oxygen atoms in total. The molecule has 2 aromatic carbocycles. The van der Waals surface area contributed by atoms with Crippen molar-refractivity contribution in [1.82, 2.24) is 0 Å². The van der Waals surface area contributed by atoms with Gasteiger partial charge in [-0.05, 0) is 36.4 Å². The normalized spacial score (nSPS) is 9.76. The number of hydrogen-bond acceptors (Lipinski definition) is 3. The quantitative estimate of drug-likeness (QED) is 0.891. The maximum atomic E-state index is 11.9. The van der Waals surface area contributed by atoms with E-state index in [4.69, 9.17) is 21.6 Å². The van der Waals surface area contributed by atoms with Gasteiger partial charge in [-0.15, -0.1) is 0 Å². The average molecular weight is 366 g/mol. The van der Waals surface area contributed by atoms with Crippen molar-refractivity contribution in [3.63, 3.8) is 0 Å². The molecule has 6 heteroatoms. The highest BCUT2D eigenvalue weighted by molar-refractivity contribution is 9.10. The van der Waals surface area contributed by atoms with Gasteiger partial charge in [-0.2, -0.15) is 5.26 Å². The van der Waals surface area contributed by atoms with Gasteiger partial charge in [-0.1, -0.05) is 33.6 Å². The number of nitrogens with one attached hydrogen (secondary N) is 1. The van der Waals surface area contributed by atoms with Crippen LogP contribution in [-0.4, -0.2) is 12.5 Å². The van der Waals surface area contributed by atoms with Crippen LogP contribution in [0.15, 0.2) is 46.9 Å². The summed E-state index contributed by atoms with van der Waals surface area (Å²) in [4.78, 5) is 11.9. The van der Waals surface area contributed by atoms with Gasteiger partial charge in [-0.25, -0.2) is 0 Å². The Bertz CT molecular complexity index is 713. The first-order valence-electron chi connectivity index (χ1n) is 5.96. The molecular formula is C15H10BrClN2O2. The van der Waals surface area contributed by atoms with Crippen LogP contribution in [0.3, 0.4) is 0 Å². The number of halogens is 2. The van der Waals surface area contributed by atoms with Crippen LogP contribution in [0.2, 0.25) is 5.02 Å². The summed E-state index contributed by atoms with van der Waals surface area (Å²) in [6, 6.07) is 13.8. The molecule has 21 heavy (non-hydrogen) atoms. The number of carbonyl (C=O) groups is 1. The maximum absolute atomic E-state index is 11.9. The molecule has 2 aromatic rings. The molecule has 0 saturated carbocycles. The molecule has 2 rings (SSSR count). The molecule has 0 bridgehead atoms. The molecule has 0 saturated heterocycles. The Labute approximate surface area is 135 Å². The Kier molecular flexibility index (Phi) is 5.20. The van der Waals surface area contributed by atoms with Crippen molar-refractivity contribution in [2.24, 2.45) is 0 Å². The molecule has 0 fully saturated rings. The van der Waals surface area contributed by atoms with E-state index in [2.05, 4.69) is 21.2 Å². The van der Waals surface area contributed by atoms with Gasteiger partial charge in [-0.3, -0.25) is 4.79 Å². The maximum Gasteiger partial charge on any atom is 0.262 e. The van der Waals surface area contributed by atoms with Crippen molar-refractivity contribution in [2.75, 3.05) is 11.9 Å². The molecular weight excluding hydrogens is 356 g/mol. The number of amides is 1. The predicted octanol–water partition coefficient (Wildman–Crippen LogP) is 3.99. The van der Waals surface area contributed by atoms with E-state index in [0.717, 1.165) is 4.47 Å².